The summed E-state index contributed by atoms with van der Waals surface area (Å²) in [7, 11) is 0. The lowest BCUT2D eigenvalue weighted by molar-refractivity contribution is -0.136. The van der Waals surface area contributed by atoms with E-state index in [4.69, 9.17) is 42.6 Å². The fourth-order valence-corrected chi connectivity index (χ4v) is 4.85. The number of carbonyl (C=O) groups is 4. The summed E-state index contributed by atoms with van der Waals surface area (Å²) in [4.78, 5) is 50.8. The molecule has 0 spiro atoms. The largest absolute Gasteiger partial charge is 0.382 e. The minimum Gasteiger partial charge on any atom is -0.382 e. The van der Waals surface area contributed by atoms with Crippen molar-refractivity contribution in [3.8, 4) is 0 Å². The summed E-state index contributed by atoms with van der Waals surface area (Å²) in [5.74, 6) is -2.16. The lowest BCUT2D eigenvalue weighted by Crippen LogP contribution is -2.54. The van der Waals surface area contributed by atoms with Gasteiger partial charge < -0.3 is 47.9 Å². The van der Waals surface area contributed by atoms with Crippen LogP contribution in [0, 0.1) is 0 Å². The summed E-state index contributed by atoms with van der Waals surface area (Å²) in [6, 6.07) is 3.91. The summed E-state index contributed by atoms with van der Waals surface area (Å²) < 4.78 is 49.0. The summed E-state index contributed by atoms with van der Waals surface area (Å²) >= 11 is 0. The zero-order chi connectivity index (χ0) is 35.7. The molecular weight excluding hydrogens is 658 g/mol. The highest BCUT2D eigenvalue weighted by Crippen LogP contribution is 2.32. The number of fused-ring (bicyclic) bond motifs is 1. The van der Waals surface area contributed by atoms with E-state index in [1.807, 2.05) is 0 Å². The second-order valence-corrected chi connectivity index (χ2v) is 10.9. The molecule has 2 aliphatic heterocycles. The molecule has 16 nitrogen and oxygen atoms in total. The number of hydrogen-bond acceptors (Lipinski definition) is 14. The van der Waals surface area contributed by atoms with Crippen molar-refractivity contribution in [2.45, 2.75) is 18.9 Å². The Labute approximate surface area is 292 Å². The van der Waals surface area contributed by atoms with Crippen molar-refractivity contribution >= 4 is 29.3 Å². The first-order valence-electron chi connectivity index (χ1n) is 16.9. The van der Waals surface area contributed by atoms with Gasteiger partial charge in [0, 0.05) is 18.7 Å². The van der Waals surface area contributed by atoms with Crippen LogP contribution in [0.4, 0.5) is 5.69 Å². The molecule has 0 saturated carbocycles. The first-order chi connectivity index (χ1) is 24.5. The van der Waals surface area contributed by atoms with Gasteiger partial charge in [0.05, 0.1) is 130 Å². The highest BCUT2D eigenvalue weighted by Gasteiger charge is 2.45. The predicted molar refractivity (Wildman–Crippen MR) is 179 cm³/mol. The fraction of sp³-hybridized carbons (Fsp3) is 0.647. The molecule has 2 heterocycles. The van der Waals surface area contributed by atoms with Crippen LogP contribution in [0.3, 0.4) is 0 Å². The van der Waals surface area contributed by atoms with Crippen molar-refractivity contribution in [3.63, 3.8) is 0 Å². The molecule has 1 aromatic carbocycles. The van der Waals surface area contributed by atoms with Crippen LogP contribution in [0.2, 0.25) is 0 Å². The van der Waals surface area contributed by atoms with Crippen molar-refractivity contribution < 1.29 is 61.8 Å². The number of rotatable bonds is 31. The smallest absolute Gasteiger partial charge is 0.264 e. The maximum Gasteiger partial charge on any atom is 0.264 e. The Morgan fingerprint density at radius 2 is 1.12 bits per heavy atom. The minimum atomic E-state index is -1.01. The van der Waals surface area contributed by atoms with Gasteiger partial charge in [-0.3, -0.25) is 29.4 Å². The van der Waals surface area contributed by atoms with Gasteiger partial charge in [0.25, 0.3) is 11.8 Å². The first kappa shape index (κ1) is 41.1. The van der Waals surface area contributed by atoms with Crippen LogP contribution < -0.4 is 10.6 Å². The third kappa shape index (κ3) is 15.3. The number of nitrogens with one attached hydrogen (secondary N) is 2. The number of imide groups is 2. The van der Waals surface area contributed by atoms with Crippen LogP contribution in [-0.2, 0) is 52.2 Å². The van der Waals surface area contributed by atoms with Gasteiger partial charge in [-0.05, 0) is 18.6 Å². The lowest BCUT2D eigenvalue weighted by Gasteiger charge is -2.27. The Kier molecular flexibility index (Phi) is 21.0. The summed E-state index contributed by atoms with van der Waals surface area (Å²) in [5.41, 5.74) is 0.911. The molecule has 280 valence electrons. The van der Waals surface area contributed by atoms with Gasteiger partial charge in [-0.15, -0.1) is 6.58 Å². The number of amides is 4. The number of ether oxygens (including phenoxy) is 9. The Hall–Kier alpha value is -3.32. The van der Waals surface area contributed by atoms with Crippen LogP contribution in [0.15, 0.2) is 30.9 Å². The monoisotopic (exact) mass is 709 g/mol. The third-order valence-electron chi connectivity index (χ3n) is 7.24. The number of benzene rings is 1. The van der Waals surface area contributed by atoms with E-state index in [2.05, 4.69) is 17.2 Å². The van der Waals surface area contributed by atoms with Crippen LogP contribution >= 0.6 is 0 Å². The van der Waals surface area contributed by atoms with Crippen LogP contribution in [0.1, 0.15) is 33.6 Å². The zero-order valence-electron chi connectivity index (χ0n) is 28.7. The number of anilines is 1. The molecule has 0 aromatic heterocycles. The van der Waals surface area contributed by atoms with E-state index in [0.29, 0.717) is 131 Å². The number of piperidine rings is 1. The topological polar surface area (TPSA) is 179 Å². The van der Waals surface area contributed by atoms with Gasteiger partial charge in [-0.25, -0.2) is 0 Å². The highest BCUT2D eigenvalue weighted by molar-refractivity contribution is 6.25. The maximum absolute atomic E-state index is 13.1. The maximum atomic E-state index is 13.1. The molecule has 2 N–H and O–H groups in total. The van der Waals surface area contributed by atoms with E-state index in [9.17, 15) is 19.2 Å². The molecule has 1 fully saturated rings. The average molecular weight is 710 g/mol. The van der Waals surface area contributed by atoms with Gasteiger partial charge in [-0.2, -0.15) is 0 Å². The molecular formula is C34H51N3O13. The molecule has 1 atom stereocenters. The predicted octanol–water partition coefficient (Wildman–Crippen LogP) is 0.835. The Balaban J connectivity index is 1.06. The number of carbonyl (C=O) groups excluding carboxylic acids is 4. The minimum absolute atomic E-state index is 0.0672. The SMILES string of the molecule is C=CCOCCOCCOCCOCCOCCOCCOCCOCCOCCNc1cccc2c1C(=O)N(C1CCC(=O)NC1=O)C2=O. The van der Waals surface area contributed by atoms with Gasteiger partial charge in [0.2, 0.25) is 11.8 Å². The molecule has 16 heteroatoms. The van der Waals surface area contributed by atoms with Gasteiger partial charge >= 0.3 is 0 Å². The van der Waals surface area contributed by atoms with Gasteiger partial charge in [-0.1, -0.05) is 12.1 Å². The standard InChI is InChI=1S/C34H51N3O13/c1-2-9-42-11-13-44-15-17-46-19-21-48-23-25-50-26-24-49-22-20-47-18-16-45-14-12-43-10-8-35-28-5-3-4-27-31(28)34(41)37(33(27)40)29-6-7-30(38)36-32(29)39/h2-5,29,35H,1,6-26H2,(H,36,38,39). The third-order valence-corrected chi connectivity index (χ3v) is 7.24. The normalized spacial score (nSPS) is 15.8. The zero-order valence-corrected chi connectivity index (χ0v) is 28.7. The summed E-state index contributed by atoms with van der Waals surface area (Å²) in [6.45, 7) is 12.4. The molecule has 0 bridgehead atoms. The molecule has 1 saturated heterocycles. The van der Waals surface area contributed by atoms with E-state index < -0.39 is 29.7 Å². The van der Waals surface area contributed by atoms with E-state index in [0.717, 1.165) is 4.90 Å². The highest BCUT2D eigenvalue weighted by atomic mass is 16.6. The molecule has 3 rings (SSSR count). The van der Waals surface area contributed by atoms with Crippen molar-refractivity contribution in [2.75, 3.05) is 131 Å². The van der Waals surface area contributed by atoms with Gasteiger partial charge in [0.1, 0.15) is 6.04 Å². The molecule has 0 aliphatic carbocycles. The molecule has 4 amide bonds. The summed E-state index contributed by atoms with van der Waals surface area (Å²) in [5, 5.41) is 5.33. The van der Waals surface area contributed by atoms with E-state index >= 15 is 0 Å². The van der Waals surface area contributed by atoms with Crippen molar-refractivity contribution in [2.24, 2.45) is 0 Å². The second-order valence-electron chi connectivity index (χ2n) is 10.9. The Bertz CT molecular complexity index is 1190. The average Bonchev–Trinajstić information content (AvgIpc) is 3.36. The van der Waals surface area contributed by atoms with Crippen LogP contribution in [-0.4, -0.2) is 160 Å². The molecule has 2 aliphatic rings. The van der Waals surface area contributed by atoms with E-state index in [1.54, 1.807) is 24.3 Å². The van der Waals surface area contributed by atoms with Crippen molar-refractivity contribution in [1.29, 1.82) is 0 Å². The van der Waals surface area contributed by atoms with Gasteiger partial charge in [0.15, 0.2) is 0 Å². The molecule has 1 aromatic rings. The summed E-state index contributed by atoms with van der Waals surface area (Å²) in [6.07, 6.45) is 1.87. The number of hydrogen-bond donors (Lipinski definition) is 2. The Morgan fingerprint density at radius 3 is 1.58 bits per heavy atom. The second kappa shape index (κ2) is 25.6. The fourth-order valence-electron chi connectivity index (χ4n) is 4.85. The van der Waals surface area contributed by atoms with E-state index in [-0.39, 0.29) is 24.0 Å². The number of nitrogens with zero attached hydrogens (tertiary/aromatic N) is 1. The molecule has 0 radical (unpaired) electrons. The lowest BCUT2D eigenvalue weighted by atomic mass is 10.0. The molecule has 50 heavy (non-hydrogen) atoms. The van der Waals surface area contributed by atoms with Crippen LogP contribution in [0.25, 0.3) is 0 Å². The molecule has 1 unspecified atom stereocenters. The first-order valence-corrected chi connectivity index (χ1v) is 16.9. The van der Waals surface area contributed by atoms with Crippen LogP contribution in [0.5, 0.6) is 0 Å². The van der Waals surface area contributed by atoms with Crippen molar-refractivity contribution in [1.82, 2.24) is 10.2 Å². The van der Waals surface area contributed by atoms with Crippen molar-refractivity contribution in [3.05, 3.63) is 42.0 Å². The van der Waals surface area contributed by atoms with E-state index in [1.165, 1.54) is 0 Å². The quantitative estimate of drug-likeness (QED) is 0.0629. The Morgan fingerprint density at radius 1 is 0.660 bits per heavy atom.